The van der Waals surface area contributed by atoms with Crippen molar-refractivity contribution in [1.82, 2.24) is 9.29 Å². The average molecular weight is 357 g/mol. The summed E-state index contributed by atoms with van der Waals surface area (Å²) in [5.41, 5.74) is 1.73. The standard InChI is InChI=1S/C18H19N3O3S/c1-21-13-11-15-16(8-5-9-17(15)21)20-18(22)10-12-19-25(23,24)14-6-3-2-4-7-14/h2-9,11,13,19H,10,12H2,1H3,(H,20,22). The Morgan fingerprint density at radius 3 is 2.56 bits per heavy atom. The van der Waals surface area contributed by atoms with E-state index in [0.717, 1.165) is 10.9 Å². The van der Waals surface area contributed by atoms with Crippen molar-refractivity contribution in [3.63, 3.8) is 0 Å². The number of aromatic nitrogens is 1. The minimum absolute atomic E-state index is 0.0355. The molecule has 0 unspecified atom stereocenters. The third kappa shape index (κ3) is 3.89. The number of benzene rings is 2. The van der Waals surface area contributed by atoms with Crippen LogP contribution >= 0.6 is 0 Å². The monoisotopic (exact) mass is 357 g/mol. The fraction of sp³-hybridized carbons (Fsp3) is 0.167. The fourth-order valence-electron chi connectivity index (χ4n) is 2.61. The Kier molecular flexibility index (Phi) is 4.87. The van der Waals surface area contributed by atoms with Crippen LogP contribution in [0.15, 0.2) is 65.7 Å². The molecule has 0 saturated carbocycles. The normalized spacial score (nSPS) is 11.6. The van der Waals surface area contributed by atoms with E-state index >= 15 is 0 Å². The molecule has 0 bridgehead atoms. The molecule has 6 nitrogen and oxygen atoms in total. The number of carbonyl (C=O) groups excluding carboxylic acids is 1. The van der Waals surface area contributed by atoms with Gasteiger partial charge in [-0.05, 0) is 30.3 Å². The Bertz CT molecular complexity index is 995. The van der Waals surface area contributed by atoms with Crippen molar-refractivity contribution in [1.29, 1.82) is 0 Å². The molecule has 0 aliphatic rings. The summed E-state index contributed by atoms with van der Waals surface area (Å²) in [6, 6.07) is 15.7. The SMILES string of the molecule is Cn1ccc2c(NC(=O)CCNS(=O)(=O)c3ccccc3)cccc21. The van der Waals surface area contributed by atoms with Crippen LogP contribution < -0.4 is 10.0 Å². The zero-order valence-corrected chi connectivity index (χ0v) is 14.6. The van der Waals surface area contributed by atoms with Gasteiger partial charge in [-0.3, -0.25) is 4.79 Å². The second kappa shape index (κ2) is 7.08. The van der Waals surface area contributed by atoms with Gasteiger partial charge < -0.3 is 9.88 Å². The Hall–Kier alpha value is -2.64. The number of carbonyl (C=O) groups is 1. The highest BCUT2D eigenvalue weighted by Crippen LogP contribution is 2.23. The van der Waals surface area contributed by atoms with Crippen LogP contribution in [-0.2, 0) is 21.9 Å². The lowest BCUT2D eigenvalue weighted by atomic mass is 10.2. The number of aryl methyl sites for hydroxylation is 1. The molecular formula is C18H19N3O3S. The Balaban J connectivity index is 1.60. The van der Waals surface area contributed by atoms with E-state index in [9.17, 15) is 13.2 Å². The van der Waals surface area contributed by atoms with Crippen LogP contribution in [-0.4, -0.2) is 25.4 Å². The lowest BCUT2D eigenvalue weighted by Crippen LogP contribution is -2.27. The van der Waals surface area contributed by atoms with Gasteiger partial charge in [-0.15, -0.1) is 0 Å². The van der Waals surface area contributed by atoms with Gasteiger partial charge in [0, 0.05) is 37.1 Å². The van der Waals surface area contributed by atoms with Crippen molar-refractivity contribution in [2.75, 3.05) is 11.9 Å². The van der Waals surface area contributed by atoms with Gasteiger partial charge in [0.05, 0.1) is 10.6 Å². The van der Waals surface area contributed by atoms with Crippen LogP contribution in [0.4, 0.5) is 5.69 Å². The van der Waals surface area contributed by atoms with Crippen LogP contribution in [0.1, 0.15) is 6.42 Å². The number of nitrogens with one attached hydrogen (secondary N) is 2. The summed E-state index contributed by atoms with van der Waals surface area (Å²) in [4.78, 5) is 12.3. The molecule has 1 amide bonds. The molecule has 25 heavy (non-hydrogen) atoms. The summed E-state index contributed by atoms with van der Waals surface area (Å²) >= 11 is 0. The van der Waals surface area contributed by atoms with Gasteiger partial charge in [-0.2, -0.15) is 0 Å². The second-order valence-electron chi connectivity index (χ2n) is 5.67. The van der Waals surface area contributed by atoms with Crippen LogP contribution in [0.25, 0.3) is 10.9 Å². The number of amides is 1. The maximum Gasteiger partial charge on any atom is 0.240 e. The van der Waals surface area contributed by atoms with Gasteiger partial charge >= 0.3 is 0 Å². The van der Waals surface area contributed by atoms with Crippen LogP contribution in [0.5, 0.6) is 0 Å². The first-order chi connectivity index (χ1) is 12.0. The summed E-state index contributed by atoms with van der Waals surface area (Å²) in [5.74, 6) is -0.243. The molecule has 0 fully saturated rings. The van der Waals surface area contributed by atoms with Gasteiger partial charge in [0.1, 0.15) is 0 Å². The molecular weight excluding hydrogens is 338 g/mol. The summed E-state index contributed by atoms with van der Waals surface area (Å²) in [7, 11) is -1.66. The first-order valence-corrected chi connectivity index (χ1v) is 9.34. The average Bonchev–Trinajstić information content (AvgIpc) is 2.98. The first kappa shape index (κ1) is 17.2. The summed E-state index contributed by atoms with van der Waals surface area (Å²) < 4.78 is 28.6. The molecule has 1 aromatic heterocycles. The number of fused-ring (bicyclic) bond motifs is 1. The molecule has 0 aliphatic heterocycles. The van der Waals surface area contributed by atoms with Gasteiger partial charge in [0.15, 0.2) is 0 Å². The molecule has 2 aromatic carbocycles. The van der Waals surface area contributed by atoms with Crippen molar-refractivity contribution >= 4 is 32.5 Å². The molecule has 7 heteroatoms. The second-order valence-corrected chi connectivity index (χ2v) is 7.44. The molecule has 2 N–H and O–H groups in total. The lowest BCUT2D eigenvalue weighted by molar-refractivity contribution is -0.116. The summed E-state index contributed by atoms with van der Waals surface area (Å²) in [6.07, 6.45) is 1.98. The number of anilines is 1. The van der Waals surface area contributed by atoms with E-state index < -0.39 is 10.0 Å². The topological polar surface area (TPSA) is 80.2 Å². The van der Waals surface area contributed by atoms with E-state index in [4.69, 9.17) is 0 Å². The van der Waals surface area contributed by atoms with Crippen LogP contribution in [0, 0.1) is 0 Å². The minimum atomic E-state index is -3.59. The van der Waals surface area contributed by atoms with Gasteiger partial charge in [-0.1, -0.05) is 24.3 Å². The van der Waals surface area contributed by atoms with E-state index in [0.29, 0.717) is 5.69 Å². The van der Waals surface area contributed by atoms with Gasteiger partial charge in [0.25, 0.3) is 0 Å². The molecule has 0 atom stereocenters. The Labute approximate surface area is 146 Å². The molecule has 0 saturated heterocycles. The molecule has 0 spiro atoms. The first-order valence-electron chi connectivity index (χ1n) is 7.86. The highest BCUT2D eigenvalue weighted by atomic mass is 32.2. The molecule has 0 aliphatic carbocycles. The molecule has 3 aromatic rings. The summed E-state index contributed by atoms with van der Waals surface area (Å²) in [6.45, 7) is 0.0355. The van der Waals surface area contributed by atoms with Crippen molar-refractivity contribution in [2.45, 2.75) is 11.3 Å². The number of sulfonamides is 1. The smallest absolute Gasteiger partial charge is 0.240 e. The fourth-order valence-corrected chi connectivity index (χ4v) is 3.66. The quantitative estimate of drug-likeness (QED) is 0.711. The van der Waals surface area contributed by atoms with Crippen molar-refractivity contribution < 1.29 is 13.2 Å². The number of hydrogen-bond donors (Lipinski definition) is 2. The summed E-state index contributed by atoms with van der Waals surface area (Å²) in [5, 5.41) is 3.78. The molecule has 1 heterocycles. The highest BCUT2D eigenvalue weighted by molar-refractivity contribution is 7.89. The van der Waals surface area contributed by atoms with E-state index in [1.54, 1.807) is 18.2 Å². The molecule has 0 radical (unpaired) electrons. The van der Waals surface area contributed by atoms with Gasteiger partial charge in [-0.25, -0.2) is 13.1 Å². The molecule has 130 valence electrons. The zero-order chi connectivity index (χ0) is 17.9. The largest absolute Gasteiger partial charge is 0.350 e. The Morgan fingerprint density at radius 2 is 1.80 bits per heavy atom. The minimum Gasteiger partial charge on any atom is -0.350 e. The molecule has 3 rings (SSSR count). The predicted octanol–water partition coefficient (Wildman–Crippen LogP) is 2.49. The van der Waals surface area contributed by atoms with E-state index in [2.05, 4.69) is 10.0 Å². The van der Waals surface area contributed by atoms with E-state index in [1.807, 2.05) is 42.1 Å². The van der Waals surface area contributed by atoms with Gasteiger partial charge in [0.2, 0.25) is 15.9 Å². The number of nitrogens with zero attached hydrogens (tertiary/aromatic N) is 1. The number of hydrogen-bond acceptors (Lipinski definition) is 3. The highest BCUT2D eigenvalue weighted by Gasteiger charge is 2.14. The predicted molar refractivity (Wildman–Crippen MR) is 97.8 cm³/mol. The van der Waals surface area contributed by atoms with Crippen molar-refractivity contribution in [3.05, 3.63) is 60.8 Å². The maximum absolute atomic E-state index is 12.1. The van der Waals surface area contributed by atoms with Crippen LogP contribution in [0.2, 0.25) is 0 Å². The third-order valence-electron chi connectivity index (χ3n) is 3.90. The lowest BCUT2D eigenvalue weighted by Gasteiger charge is -2.09. The third-order valence-corrected chi connectivity index (χ3v) is 5.38. The zero-order valence-electron chi connectivity index (χ0n) is 13.8. The van der Waals surface area contributed by atoms with E-state index in [-0.39, 0.29) is 23.8 Å². The maximum atomic E-state index is 12.1. The Morgan fingerprint density at radius 1 is 1.04 bits per heavy atom. The number of rotatable bonds is 6. The van der Waals surface area contributed by atoms with E-state index in [1.165, 1.54) is 12.1 Å². The van der Waals surface area contributed by atoms with Crippen LogP contribution in [0.3, 0.4) is 0 Å². The van der Waals surface area contributed by atoms with Crippen molar-refractivity contribution in [2.24, 2.45) is 7.05 Å². The van der Waals surface area contributed by atoms with Crippen molar-refractivity contribution in [3.8, 4) is 0 Å².